The number of hydrogen-bond donors (Lipinski definition) is 0. The third kappa shape index (κ3) is 3.46. The molecular formula is C24H26N4O. The zero-order chi connectivity index (χ0) is 19.6. The van der Waals surface area contributed by atoms with Crippen LogP contribution in [0.2, 0.25) is 0 Å². The van der Waals surface area contributed by atoms with Crippen LogP contribution in [0.25, 0.3) is 17.1 Å². The molecule has 0 bridgehead atoms. The number of nitrogens with zero attached hydrogens (tertiary/aromatic N) is 4. The van der Waals surface area contributed by atoms with E-state index in [0.717, 1.165) is 30.6 Å². The van der Waals surface area contributed by atoms with Gasteiger partial charge < -0.3 is 4.90 Å². The van der Waals surface area contributed by atoms with Crippen molar-refractivity contribution in [3.8, 4) is 17.1 Å². The first-order valence-corrected chi connectivity index (χ1v) is 10.7. The minimum atomic E-state index is -0.0199. The van der Waals surface area contributed by atoms with E-state index in [9.17, 15) is 4.79 Å². The highest BCUT2D eigenvalue weighted by molar-refractivity contribution is 5.91. The van der Waals surface area contributed by atoms with E-state index in [-0.39, 0.29) is 5.91 Å². The first-order valence-electron chi connectivity index (χ1n) is 10.7. The predicted molar refractivity (Wildman–Crippen MR) is 113 cm³/mol. The Morgan fingerprint density at radius 1 is 0.862 bits per heavy atom. The molecule has 2 aliphatic rings. The van der Waals surface area contributed by atoms with Crippen LogP contribution >= 0.6 is 0 Å². The van der Waals surface area contributed by atoms with Gasteiger partial charge in [-0.05, 0) is 43.7 Å². The maximum Gasteiger partial charge on any atom is 0.293 e. The normalized spacial score (nSPS) is 21.6. The van der Waals surface area contributed by atoms with Gasteiger partial charge in [-0.25, -0.2) is 9.67 Å². The molecule has 5 heteroatoms. The molecular weight excluding hydrogens is 360 g/mol. The van der Waals surface area contributed by atoms with Crippen LogP contribution < -0.4 is 0 Å². The number of amides is 1. The maximum absolute atomic E-state index is 13.5. The zero-order valence-corrected chi connectivity index (χ0v) is 16.6. The number of aromatic nitrogens is 3. The van der Waals surface area contributed by atoms with Gasteiger partial charge in [0.15, 0.2) is 5.82 Å². The first-order chi connectivity index (χ1) is 14.3. The van der Waals surface area contributed by atoms with Crippen molar-refractivity contribution in [2.75, 3.05) is 6.54 Å². The highest BCUT2D eigenvalue weighted by atomic mass is 16.2. The molecule has 5 rings (SSSR count). The van der Waals surface area contributed by atoms with Gasteiger partial charge in [-0.3, -0.25) is 4.79 Å². The highest BCUT2D eigenvalue weighted by Crippen LogP contribution is 2.36. The van der Waals surface area contributed by atoms with Crippen LogP contribution in [0, 0.1) is 5.92 Å². The summed E-state index contributed by atoms with van der Waals surface area (Å²) < 4.78 is 1.80. The first kappa shape index (κ1) is 18.1. The summed E-state index contributed by atoms with van der Waals surface area (Å²) in [5.41, 5.74) is 1.86. The number of para-hydroxylation sites is 1. The van der Waals surface area contributed by atoms with Crippen molar-refractivity contribution in [3.63, 3.8) is 0 Å². The molecule has 0 unspecified atom stereocenters. The molecule has 0 radical (unpaired) electrons. The monoisotopic (exact) mass is 386 g/mol. The summed E-state index contributed by atoms with van der Waals surface area (Å²) in [5, 5.41) is 4.68. The Morgan fingerprint density at radius 3 is 2.34 bits per heavy atom. The molecule has 1 aliphatic heterocycles. The molecule has 2 heterocycles. The van der Waals surface area contributed by atoms with Gasteiger partial charge in [-0.15, -0.1) is 5.10 Å². The second-order valence-corrected chi connectivity index (χ2v) is 8.13. The number of hydrogen-bond acceptors (Lipinski definition) is 3. The Labute approximate surface area is 171 Å². The summed E-state index contributed by atoms with van der Waals surface area (Å²) in [6.07, 6.45) is 7.19. The maximum atomic E-state index is 13.5. The van der Waals surface area contributed by atoms with Crippen LogP contribution in [0.1, 0.15) is 49.1 Å². The van der Waals surface area contributed by atoms with E-state index >= 15 is 0 Å². The second-order valence-electron chi connectivity index (χ2n) is 8.13. The van der Waals surface area contributed by atoms with E-state index < -0.39 is 0 Å². The van der Waals surface area contributed by atoms with E-state index in [1.165, 1.54) is 25.7 Å². The Bertz CT molecular complexity index is 924. The fraction of sp³-hybridized carbons (Fsp3) is 0.375. The van der Waals surface area contributed by atoms with Crippen LogP contribution in [-0.2, 0) is 0 Å². The second kappa shape index (κ2) is 7.82. The van der Waals surface area contributed by atoms with Gasteiger partial charge in [0.2, 0.25) is 5.82 Å². The molecule has 1 saturated carbocycles. The third-order valence-corrected chi connectivity index (χ3v) is 6.34. The number of rotatable bonds is 3. The van der Waals surface area contributed by atoms with E-state index in [0.29, 0.717) is 23.6 Å². The predicted octanol–water partition coefficient (Wildman–Crippen LogP) is 4.73. The summed E-state index contributed by atoms with van der Waals surface area (Å²) >= 11 is 0. The lowest BCUT2D eigenvalue weighted by atomic mass is 9.78. The number of benzene rings is 2. The van der Waals surface area contributed by atoms with Crippen molar-refractivity contribution in [1.82, 2.24) is 19.7 Å². The Balaban J connectivity index is 1.53. The molecule has 5 nitrogen and oxygen atoms in total. The minimum Gasteiger partial charge on any atom is -0.333 e. The average molecular weight is 386 g/mol. The number of fused-ring (bicyclic) bond motifs is 1. The van der Waals surface area contributed by atoms with Crippen LogP contribution in [-0.4, -0.2) is 38.2 Å². The van der Waals surface area contributed by atoms with Crippen molar-refractivity contribution < 1.29 is 4.79 Å². The summed E-state index contributed by atoms with van der Waals surface area (Å²) in [5.74, 6) is 1.64. The standard InChI is InChI=1S/C24H26N4O/c29-24(27-17-9-13-18-10-7-8-16-21(18)27)22-25-23(19-11-3-1-4-12-19)28(26-22)20-14-5-2-6-15-20/h1-6,11-12,14-15,18,21H,7-10,13,16-17H2/t18-,21-/m1/s1. The Hall–Kier alpha value is -2.95. The van der Waals surface area contributed by atoms with Gasteiger partial charge in [-0.1, -0.05) is 61.4 Å². The van der Waals surface area contributed by atoms with E-state index in [1.807, 2.05) is 60.7 Å². The molecule has 0 N–H and O–H groups in total. The molecule has 2 aromatic carbocycles. The fourth-order valence-corrected chi connectivity index (χ4v) is 4.93. The molecule has 1 saturated heterocycles. The van der Waals surface area contributed by atoms with Crippen LogP contribution in [0.15, 0.2) is 60.7 Å². The van der Waals surface area contributed by atoms with Crippen molar-refractivity contribution in [2.24, 2.45) is 5.92 Å². The molecule has 1 aliphatic carbocycles. The number of piperidine rings is 1. The molecule has 2 fully saturated rings. The summed E-state index contributed by atoms with van der Waals surface area (Å²) in [6, 6.07) is 20.2. The quantitative estimate of drug-likeness (QED) is 0.654. The topological polar surface area (TPSA) is 51.0 Å². The lowest BCUT2D eigenvalue weighted by molar-refractivity contribution is 0.0379. The van der Waals surface area contributed by atoms with E-state index in [2.05, 4.69) is 10.00 Å². The summed E-state index contributed by atoms with van der Waals surface area (Å²) in [4.78, 5) is 20.3. The van der Waals surface area contributed by atoms with Gasteiger partial charge >= 0.3 is 0 Å². The average Bonchev–Trinajstić information content (AvgIpc) is 3.25. The smallest absolute Gasteiger partial charge is 0.293 e. The Kier molecular flexibility index (Phi) is 4.88. The SMILES string of the molecule is O=C(c1nc(-c2ccccc2)n(-c2ccccc2)n1)N1CCC[C@H]2CCCC[C@H]21. The van der Waals surface area contributed by atoms with Crippen LogP contribution in [0.3, 0.4) is 0 Å². The lowest BCUT2D eigenvalue weighted by Gasteiger charge is -2.43. The summed E-state index contributed by atoms with van der Waals surface area (Å²) in [6.45, 7) is 0.820. The Morgan fingerprint density at radius 2 is 1.55 bits per heavy atom. The van der Waals surface area contributed by atoms with Gasteiger partial charge in [0, 0.05) is 18.2 Å². The van der Waals surface area contributed by atoms with Gasteiger partial charge in [0.05, 0.1) is 5.69 Å². The third-order valence-electron chi connectivity index (χ3n) is 6.34. The molecule has 2 atom stereocenters. The molecule has 0 spiro atoms. The number of carbonyl (C=O) groups excluding carboxylic acids is 1. The van der Waals surface area contributed by atoms with Crippen molar-refractivity contribution in [1.29, 1.82) is 0 Å². The minimum absolute atomic E-state index is 0.0199. The molecule has 29 heavy (non-hydrogen) atoms. The van der Waals surface area contributed by atoms with E-state index in [1.54, 1.807) is 4.68 Å². The van der Waals surface area contributed by atoms with Crippen molar-refractivity contribution >= 4 is 5.91 Å². The summed E-state index contributed by atoms with van der Waals surface area (Å²) in [7, 11) is 0. The van der Waals surface area contributed by atoms with Crippen LogP contribution in [0.5, 0.6) is 0 Å². The van der Waals surface area contributed by atoms with Gasteiger partial charge in [0.1, 0.15) is 0 Å². The zero-order valence-electron chi connectivity index (χ0n) is 16.6. The van der Waals surface area contributed by atoms with Crippen molar-refractivity contribution in [3.05, 3.63) is 66.5 Å². The van der Waals surface area contributed by atoms with E-state index in [4.69, 9.17) is 4.98 Å². The van der Waals surface area contributed by atoms with Gasteiger partial charge in [0.25, 0.3) is 5.91 Å². The fourth-order valence-electron chi connectivity index (χ4n) is 4.93. The van der Waals surface area contributed by atoms with Crippen molar-refractivity contribution in [2.45, 2.75) is 44.6 Å². The highest BCUT2D eigenvalue weighted by Gasteiger charge is 2.37. The molecule has 1 amide bonds. The number of likely N-dealkylation sites (tertiary alicyclic amines) is 1. The number of carbonyl (C=O) groups is 1. The lowest BCUT2D eigenvalue weighted by Crippen LogP contribution is -2.49. The molecule has 3 aromatic rings. The molecule has 148 valence electrons. The van der Waals surface area contributed by atoms with Crippen LogP contribution in [0.4, 0.5) is 0 Å². The largest absolute Gasteiger partial charge is 0.333 e. The molecule has 1 aromatic heterocycles. The van der Waals surface area contributed by atoms with Gasteiger partial charge in [-0.2, -0.15) is 0 Å².